The van der Waals surface area contributed by atoms with E-state index in [0.29, 0.717) is 5.25 Å². The number of nitrogens with two attached hydrogens (primary N) is 1. The van der Waals surface area contributed by atoms with E-state index in [1.807, 2.05) is 30.9 Å². The van der Waals surface area contributed by atoms with Crippen molar-refractivity contribution in [2.24, 2.45) is 0 Å². The molecule has 2 N–H and O–H groups in total. The van der Waals surface area contributed by atoms with E-state index in [9.17, 15) is 0 Å². The topological polar surface area (TPSA) is 48.1 Å². The van der Waals surface area contributed by atoms with Gasteiger partial charge < -0.3 is 10.5 Å². The predicted octanol–water partition coefficient (Wildman–Crippen LogP) is 2.62. The first-order valence-corrected chi connectivity index (χ1v) is 6.51. The highest BCUT2D eigenvalue weighted by Gasteiger charge is 2.20. The van der Waals surface area contributed by atoms with Crippen molar-refractivity contribution >= 4 is 28.2 Å². The molecular weight excluding hydrogens is 232 g/mol. The van der Waals surface area contributed by atoms with Gasteiger partial charge in [0, 0.05) is 33.2 Å². The van der Waals surface area contributed by atoms with E-state index in [4.69, 9.17) is 10.5 Å². The predicted molar refractivity (Wildman–Crippen MR) is 71.4 cm³/mol. The molecule has 0 amide bonds. The van der Waals surface area contributed by atoms with Crippen LogP contribution in [0, 0.1) is 6.92 Å². The van der Waals surface area contributed by atoms with Crippen LogP contribution >= 0.6 is 11.8 Å². The number of nitrogens with zero attached hydrogens (tertiary/aromatic N) is 1. The van der Waals surface area contributed by atoms with Crippen molar-refractivity contribution in [1.82, 2.24) is 4.98 Å². The summed E-state index contributed by atoms with van der Waals surface area (Å²) in [5.74, 6) is 0. The van der Waals surface area contributed by atoms with E-state index in [2.05, 4.69) is 17.1 Å². The van der Waals surface area contributed by atoms with E-state index < -0.39 is 0 Å². The number of hydrogen-bond acceptors (Lipinski definition) is 4. The van der Waals surface area contributed by atoms with Gasteiger partial charge in [-0.15, -0.1) is 11.8 Å². The third-order valence-corrected chi connectivity index (χ3v) is 4.15. The maximum atomic E-state index is 5.98. The molecule has 2 heterocycles. The smallest absolute Gasteiger partial charge is 0.0611 e. The lowest BCUT2D eigenvalue weighted by Gasteiger charge is -2.25. The minimum atomic E-state index is 0.579. The minimum Gasteiger partial charge on any atom is -0.398 e. The van der Waals surface area contributed by atoms with Crippen LogP contribution in [0.15, 0.2) is 29.3 Å². The molecule has 0 unspecified atom stereocenters. The normalized spacial score (nSPS) is 16.1. The van der Waals surface area contributed by atoms with Crippen molar-refractivity contribution < 1.29 is 4.74 Å². The molecule has 0 aliphatic carbocycles. The Morgan fingerprint density at radius 3 is 2.88 bits per heavy atom. The molecule has 0 spiro atoms. The van der Waals surface area contributed by atoms with Gasteiger partial charge in [0.2, 0.25) is 0 Å². The summed E-state index contributed by atoms with van der Waals surface area (Å²) in [7, 11) is 0. The summed E-state index contributed by atoms with van der Waals surface area (Å²) in [6.45, 7) is 3.70. The number of thioether (sulfide) groups is 1. The zero-order valence-electron chi connectivity index (χ0n) is 9.64. The highest BCUT2D eigenvalue weighted by molar-refractivity contribution is 8.00. The average molecular weight is 246 g/mol. The number of ether oxygens (including phenoxy) is 1. The maximum absolute atomic E-state index is 5.98. The molecule has 1 aromatic heterocycles. The molecule has 1 aliphatic heterocycles. The molecule has 1 aliphatic rings. The summed E-state index contributed by atoms with van der Waals surface area (Å²) in [5.41, 5.74) is 7.79. The molecule has 0 radical (unpaired) electrons. The Morgan fingerprint density at radius 2 is 2.18 bits per heavy atom. The van der Waals surface area contributed by atoms with Crippen molar-refractivity contribution in [3.05, 3.63) is 30.1 Å². The van der Waals surface area contributed by atoms with E-state index in [1.165, 1.54) is 10.3 Å². The van der Waals surface area contributed by atoms with Gasteiger partial charge in [-0.2, -0.15) is 0 Å². The molecule has 3 nitrogen and oxygen atoms in total. The average Bonchev–Trinajstić information content (AvgIpc) is 2.26. The second-order valence-electron chi connectivity index (χ2n) is 4.30. The van der Waals surface area contributed by atoms with Gasteiger partial charge in [0.25, 0.3) is 0 Å². The second-order valence-corrected chi connectivity index (χ2v) is 5.64. The Labute approximate surface area is 104 Å². The summed E-state index contributed by atoms with van der Waals surface area (Å²) in [5, 5.41) is 2.82. The number of aromatic nitrogens is 1. The van der Waals surface area contributed by atoms with Gasteiger partial charge in [0.15, 0.2) is 0 Å². The largest absolute Gasteiger partial charge is 0.398 e. The molecule has 17 heavy (non-hydrogen) atoms. The van der Waals surface area contributed by atoms with Crippen LogP contribution in [0.1, 0.15) is 5.69 Å². The fourth-order valence-electron chi connectivity index (χ4n) is 1.90. The molecule has 1 fully saturated rings. The monoisotopic (exact) mass is 246 g/mol. The number of nitrogen functional groups attached to an aromatic ring is 1. The second kappa shape index (κ2) is 4.20. The molecule has 4 heteroatoms. The lowest BCUT2D eigenvalue weighted by atomic mass is 10.1. The van der Waals surface area contributed by atoms with Crippen LogP contribution in [0.3, 0.4) is 0 Å². The Bertz CT molecular complexity index is 567. The number of anilines is 1. The number of aryl methyl sites for hydroxylation is 1. The van der Waals surface area contributed by atoms with Crippen LogP contribution in [0.4, 0.5) is 5.69 Å². The first-order valence-electron chi connectivity index (χ1n) is 5.63. The molecule has 1 saturated heterocycles. The summed E-state index contributed by atoms with van der Waals surface area (Å²) in [6.07, 6.45) is 1.86. The Morgan fingerprint density at radius 1 is 1.35 bits per heavy atom. The fourth-order valence-corrected chi connectivity index (χ4v) is 3.03. The molecule has 88 valence electrons. The third-order valence-electron chi connectivity index (χ3n) is 2.93. The van der Waals surface area contributed by atoms with Crippen LogP contribution in [0.5, 0.6) is 0 Å². The first-order chi connectivity index (χ1) is 8.24. The number of rotatable bonds is 2. The third kappa shape index (κ3) is 1.98. The van der Waals surface area contributed by atoms with Crippen molar-refractivity contribution in [3.63, 3.8) is 0 Å². The van der Waals surface area contributed by atoms with Gasteiger partial charge in [-0.25, -0.2) is 0 Å². The lowest BCUT2D eigenvalue weighted by molar-refractivity contribution is 0.0455. The summed E-state index contributed by atoms with van der Waals surface area (Å²) in [4.78, 5) is 5.58. The van der Waals surface area contributed by atoms with Gasteiger partial charge in [-0.1, -0.05) is 0 Å². The van der Waals surface area contributed by atoms with Crippen molar-refractivity contribution in [2.45, 2.75) is 17.1 Å². The van der Waals surface area contributed by atoms with Crippen molar-refractivity contribution in [3.8, 4) is 0 Å². The zero-order chi connectivity index (χ0) is 11.8. The van der Waals surface area contributed by atoms with Gasteiger partial charge in [-0.3, -0.25) is 4.98 Å². The van der Waals surface area contributed by atoms with Crippen molar-refractivity contribution in [2.75, 3.05) is 18.9 Å². The highest BCUT2D eigenvalue weighted by atomic mass is 32.2. The van der Waals surface area contributed by atoms with Gasteiger partial charge in [-0.05, 0) is 25.1 Å². The van der Waals surface area contributed by atoms with E-state index in [1.54, 1.807) is 0 Å². The van der Waals surface area contributed by atoms with Crippen molar-refractivity contribution in [1.29, 1.82) is 0 Å². The zero-order valence-corrected chi connectivity index (χ0v) is 10.5. The molecule has 2 aromatic rings. The van der Waals surface area contributed by atoms with E-state index in [-0.39, 0.29) is 0 Å². The number of fused-ring (bicyclic) bond motifs is 1. The summed E-state index contributed by atoms with van der Waals surface area (Å²) < 4.78 is 5.21. The first kappa shape index (κ1) is 10.9. The fraction of sp³-hybridized carbons (Fsp3) is 0.308. The van der Waals surface area contributed by atoms with Crippen LogP contribution in [0.25, 0.3) is 10.8 Å². The van der Waals surface area contributed by atoms with Crippen LogP contribution < -0.4 is 5.73 Å². The summed E-state index contributed by atoms with van der Waals surface area (Å²) in [6, 6.07) is 6.16. The van der Waals surface area contributed by atoms with Crippen LogP contribution in [-0.4, -0.2) is 23.4 Å². The molecule has 0 saturated carbocycles. The lowest BCUT2D eigenvalue weighted by Crippen LogP contribution is -2.30. The standard InChI is InChI=1S/C13H14N2OS/c1-8-4-10-11(5-15-8)12(14)2-3-13(10)17-9-6-16-7-9/h2-5,9H,6-7,14H2,1H3. The van der Waals surface area contributed by atoms with Crippen LogP contribution in [0.2, 0.25) is 0 Å². The molecule has 0 atom stereocenters. The SMILES string of the molecule is Cc1cc2c(SC3COC3)ccc(N)c2cn1. The maximum Gasteiger partial charge on any atom is 0.0611 e. The Kier molecular flexibility index (Phi) is 2.68. The molecular formula is C13H14N2OS. The number of hydrogen-bond donors (Lipinski definition) is 1. The molecule has 1 aromatic carbocycles. The van der Waals surface area contributed by atoms with E-state index >= 15 is 0 Å². The van der Waals surface area contributed by atoms with Gasteiger partial charge in [0.05, 0.1) is 18.5 Å². The van der Waals surface area contributed by atoms with Gasteiger partial charge >= 0.3 is 0 Å². The minimum absolute atomic E-state index is 0.579. The van der Waals surface area contributed by atoms with E-state index in [0.717, 1.165) is 30.0 Å². The highest BCUT2D eigenvalue weighted by Crippen LogP contribution is 2.35. The quantitative estimate of drug-likeness (QED) is 0.827. The molecule has 3 rings (SSSR count). The Hall–Kier alpha value is -1.26. The number of benzene rings is 1. The number of pyridine rings is 1. The molecule has 0 bridgehead atoms. The summed E-state index contributed by atoms with van der Waals surface area (Å²) >= 11 is 1.87. The van der Waals surface area contributed by atoms with Gasteiger partial charge in [0.1, 0.15) is 0 Å². The Balaban J connectivity index is 2.09. The van der Waals surface area contributed by atoms with Crippen LogP contribution in [-0.2, 0) is 4.74 Å².